The van der Waals surface area contributed by atoms with Crippen LogP contribution in [-0.4, -0.2) is 91.0 Å². The topological polar surface area (TPSA) is 57.0 Å². The molecule has 0 aliphatic heterocycles. The van der Waals surface area contributed by atoms with Gasteiger partial charge in [-0.3, -0.25) is 0 Å². The Morgan fingerprint density at radius 2 is 0.500 bits per heavy atom. The molecule has 0 radical (unpaired) electrons. The molecule has 0 fully saturated rings. The average molecular weight is 207 g/mol. The molecule has 0 aromatic rings. The van der Waals surface area contributed by atoms with Crippen molar-refractivity contribution in [1.82, 2.24) is 0 Å². The van der Waals surface area contributed by atoms with Gasteiger partial charge in [0.05, 0.1) is 0 Å². The molecule has 0 amide bonds. The minimum Gasteiger partial charge on any atom is -2.00 e. The third-order valence-electron chi connectivity index (χ3n) is 0. The molecule has 4 heavy (non-hydrogen) atoms. The first-order valence-electron chi connectivity index (χ1n) is 0. The van der Waals surface area contributed by atoms with Crippen molar-refractivity contribution in [2.75, 3.05) is 0 Å². The molecule has 0 heterocycles. The first kappa shape index (κ1) is 28.7. The Morgan fingerprint density at radius 3 is 0.500 bits per heavy atom. The molecule has 0 spiro atoms. The molecule has 0 atom stereocenters. The van der Waals surface area contributed by atoms with Gasteiger partial charge < -0.3 is 11.0 Å². The van der Waals surface area contributed by atoms with Crippen molar-refractivity contribution in [3.63, 3.8) is 0 Å². The van der Waals surface area contributed by atoms with Crippen molar-refractivity contribution in [2.24, 2.45) is 0 Å². The molecule has 0 aromatic carbocycles. The van der Waals surface area contributed by atoms with E-state index in [1.165, 1.54) is 0 Å². The first-order valence-corrected chi connectivity index (χ1v) is 0. The van der Waals surface area contributed by atoms with Gasteiger partial charge in [0.25, 0.3) is 0 Å². The summed E-state index contributed by atoms with van der Waals surface area (Å²) in [6.45, 7) is 0. The van der Waals surface area contributed by atoms with Gasteiger partial charge in [-0.15, -0.1) is 0 Å². The molecule has 0 saturated carbocycles. The minimum atomic E-state index is 0. The normalized spacial score (nSPS) is 0. The van der Waals surface area contributed by atoms with Crippen LogP contribution in [0.2, 0.25) is 0 Å². The van der Waals surface area contributed by atoms with Gasteiger partial charge in [0, 0.05) is 0 Å². The summed E-state index contributed by atoms with van der Waals surface area (Å²) in [4.78, 5) is 0. The second kappa shape index (κ2) is 16.9. The standard InChI is InChI=1S/2O.2Sr/q2*-2;2*+2. The number of hydrogen-bond acceptors (Lipinski definition) is 0. The van der Waals surface area contributed by atoms with Crippen molar-refractivity contribution in [3.05, 3.63) is 0 Å². The smallest absolute Gasteiger partial charge is 2.00 e. The average Bonchev–Trinajstić information content (AvgIpc) is 0. The van der Waals surface area contributed by atoms with E-state index in [1.54, 1.807) is 0 Å². The first-order chi connectivity index (χ1) is 0. The van der Waals surface area contributed by atoms with E-state index in [2.05, 4.69) is 0 Å². The SMILES string of the molecule is [O-2].[O-2].[Sr+2].[Sr+2]. The van der Waals surface area contributed by atoms with Crippen LogP contribution in [0.25, 0.3) is 0 Å². The predicted molar refractivity (Wildman–Crippen MR) is 12.9 cm³/mol. The molecule has 0 aliphatic rings. The largest absolute Gasteiger partial charge is 2.00 e. The fourth-order valence-electron chi connectivity index (χ4n) is 0. The van der Waals surface area contributed by atoms with Crippen LogP contribution in [0.5, 0.6) is 0 Å². The minimum absolute atomic E-state index is 0. The summed E-state index contributed by atoms with van der Waals surface area (Å²) in [7, 11) is 0. The molecular formula is O2Sr2. The third kappa shape index (κ3) is 8.86. The van der Waals surface area contributed by atoms with Gasteiger partial charge in [0.1, 0.15) is 0 Å². The second-order valence-electron chi connectivity index (χ2n) is 0. The van der Waals surface area contributed by atoms with Gasteiger partial charge in [0.2, 0.25) is 0 Å². The quantitative estimate of drug-likeness (QED) is 0.458. The summed E-state index contributed by atoms with van der Waals surface area (Å²) in [5, 5.41) is 0. The zero-order valence-corrected chi connectivity index (χ0v) is 9.18. The van der Waals surface area contributed by atoms with Gasteiger partial charge in [-0.1, -0.05) is 0 Å². The van der Waals surface area contributed by atoms with Crippen LogP contribution in [0.15, 0.2) is 0 Å². The molecule has 0 bridgehead atoms. The van der Waals surface area contributed by atoms with E-state index >= 15 is 0 Å². The van der Waals surface area contributed by atoms with Crippen molar-refractivity contribution in [1.29, 1.82) is 0 Å². The van der Waals surface area contributed by atoms with Gasteiger partial charge in [0.15, 0.2) is 0 Å². The van der Waals surface area contributed by atoms with Crippen molar-refractivity contribution in [2.45, 2.75) is 0 Å². The molecule has 0 saturated heterocycles. The molecule has 0 aromatic heterocycles. The van der Waals surface area contributed by atoms with E-state index in [4.69, 9.17) is 0 Å². The Kier molecular flexibility index (Phi) is 121. The van der Waals surface area contributed by atoms with Crippen LogP contribution in [0.3, 0.4) is 0 Å². The van der Waals surface area contributed by atoms with Crippen molar-refractivity contribution < 1.29 is 11.0 Å². The molecule has 0 rings (SSSR count). The third-order valence-corrected chi connectivity index (χ3v) is 0. The summed E-state index contributed by atoms with van der Waals surface area (Å²) in [6, 6.07) is 0. The number of rotatable bonds is 0. The van der Waals surface area contributed by atoms with Crippen LogP contribution in [-0.2, 0) is 11.0 Å². The molecule has 0 N–H and O–H groups in total. The van der Waals surface area contributed by atoms with E-state index in [-0.39, 0.29) is 102 Å². The van der Waals surface area contributed by atoms with Crippen LogP contribution in [0, 0.1) is 0 Å². The van der Waals surface area contributed by atoms with E-state index in [0.29, 0.717) is 0 Å². The summed E-state index contributed by atoms with van der Waals surface area (Å²) in [6.07, 6.45) is 0. The van der Waals surface area contributed by atoms with Gasteiger partial charge in [-0.05, 0) is 0 Å². The summed E-state index contributed by atoms with van der Waals surface area (Å²) in [5.41, 5.74) is 0. The Bertz CT molecular complexity index is 4.00. The monoisotopic (exact) mass is 208 g/mol. The molecule has 16 valence electrons. The summed E-state index contributed by atoms with van der Waals surface area (Å²) >= 11 is 0. The Morgan fingerprint density at radius 1 is 0.500 bits per heavy atom. The molecule has 2 nitrogen and oxygen atoms in total. The van der Waals surface area contributed by atoms with E-state index in [9.17, 15) is 0 Å². The predicted octanol–water partition coefficient (Wildman–Crippen LogP) is -0.999. The van der Waals surface area contributed by atoms with E-state index in [0.717, 1.165) is 0 Å². The second-order valence-corrected chi connectivity index (χ2v) is 0. The maximum atomic E-state index is 0. The van der Waals surface area contributed by atoms with Crippen LogP contribution in [0.1, 0.15) is 0 Å². The Balaban J connectivity index is 0. The van der Waals surface area contributed by atoms with Crippen LogP contribution >= 0.6 is 0 Å². The van der Waals surface area contributed by atoms with Gasteiger partial charge in [-0.25, -0.2) is 0 Å². The van der Waals surface area contributed by atoms with Crippen molar-refractivity contribution in [3.8, 4) is 0 Å². The summed E-state index contributed by atoms with van der Waals surface area (Å²) < 4.78 is 0. The summed E-state index contributed by atoms with van der Waals surface area (Å²) in [5.74, 6) is 0. The molecular weight excluding hydrogens is 207 g/mol. The van der Waals surface area contributed by atoms with Crippen LogP contribution < -0.4 is 0 Å². The fraction of sp³-hybridized carbons (Fsp3) is 0. The number of hydrogen-bond donors (Lipinski definition) is 0. The van der Waals surface area contributed by atoms with Crippen LogP contribution in [0.4, 0.5) is 0 Å². The Hall–Kier alpha value is 2.88. The van der Waals surface area contributed by atoms with E-state index in [1.807, 2.05) is 0 Å². The maximum absolute atomic E-state index is 0. The molecule has 0 unspecified atom stereocenters. The molecule has 0 aliphatic carbocycles. The van der Waals surface area contributed by atoms with E-state index < -0.39 is 0 Å². The van der Waals surface area contributed by atoms with Gasteiger partial charge >= 0.3 is 91.0 Å². The van der Waals surface area contributed by atoms with Crippen molar-refractivity contribution >= 4 is 91.0 Å². The zero-order valence-electron chi connectivity index (χ0n) is 2.23. The molecule has 4 heteroatoms. The zero-order chi connectivity index (χ0) is 0. The fourth-order valence-corrected chi connectivity index (χ4v) is 0. The van der Waals surface area contributed by atoms with Gasteiger partial charge in [-0.2, -0.15) is 0 Å². The maximum Gasteiger partial charge on any atom is 2.00 e. The Labute approximate surface area is 99.1 Å².